The Morgan fingerprint density at radius 2 is 2.16 bits per heavy atom. The molecule has 0 atom stereocenters. The molecule has 0 fully saturated rings. The van der Waals surface area contributed by atoms with Crippen molar-refractivity contribution in [2.24, 2.45) is 0 Å². The lowest BCUT2D eigenvalue weighted by atomic mass is 10.3. The number of aromatic nitrogens is 4. The number of H-pyrrole nitrogens is 2. The van der Waals surface area contributed by atoms with Gasteiger partial charge in [-0.25, -0.2) is 4.79 Å². The van der Waals surface area contributed by atoms with Crippen molar-refractivity contribution < 1.29 is 5.11 Å². The lowest BCUT2D eigenvalue weighted by molar-refractivity contribution is 0.311. The number of imidazole rings is 1. The van der Waals surface area contributed by atoms with Crippen molar-refractivity contribution in [2.75, 3.05) is 18.5 Å². The lowest BCUT2D eigenvalue weighted by Gasteiger charge is -2.03. The van der Waals surface area contributed by atoms with E-state index in [4.69, 9.17) is 5.11 Å². The summed E-state index contributed by atoms with van der Waals surface area (Å²) in [6.07, 6.45) is 1.76. The van der Waals surface area contributed by atoms with Crippen LogP contribution in [-0.2, 0) is 6.54 Å². The molecule has 104 valence electrons. The second-order valence-electron chi connectivity index (χ2n) is 4.20. The number of hydrogen-bond donors (Lipinski definition) is 4. The third-order valence-electron chi connectivity index (χ3n) is 2.77. The van der Waals surface area contributed by atoms with Crippen molar-refractivity contribution in [2.45, 2.75) is 26.3 Å². The van der Waals surface area contributed by atoms with Crippen LogP contribution in [0.2, 0.25) is 0 Å². The molecular weight excluding hydrogens is 250 g/mol. The molecule has 0 unspecified atom stereocenters. The van der Waals surface area contributed by atoms with Crippen molar-refractivity contribution >= 4 is 17.1 Å². The van der Waals surface area contributed by atoms with Crippen molar-refractivity contribution in [3.8, 4) is 0 Å². The van der Waals surface area contributed by atoms with Crippen LogP contribution in [0.25, 0.3) is 11.2 Å². The van der Waals surface area contributed by atoms with Gasteiger partial charge < -0.3 is 15.4 Å². The van der Waals surface area contributed by atoms with E-state index in [0.717, 1.165) is 12.8 Å². The van der Waals surface area contributed by atoms with E-state index in [1.54, 1.807) is 0 Å². The summed E-state index contributed by atoms with van der Waals surface area (Å²) in [4.78, 5) is 32.7. The molecule has 0 radical (unpaired) electrons. The van der Waals surface area contributed by atoms with E-state index in [-0.39, 0.29) is 12.1 Å². The van der Waals surface area contributed by atoms with Gasteiger partial charge in [-0.15, -0.1) is 0 Å². The molecule has 0 aliphatic rings. The molecule has 0 spiro atoms. The summed E-state index contributed by atoms with van der Waals surface area (Å²) in [7, 11) is 0. The van der Waals surface area contributed by atoms with E-state index < -0.39 is 11.2 Å². The van der Waals surface area contributed by atoms with Crippen LogP contribution in [0.3, 0.4) is 0 Å². The van der Waals surface area contributed by atoms with Gasteiger partial charge in [-0.05, 0) is 6.42 Å². The monoisotopic (exact) mass is 267 g/mol. The van der Waals surface area contributed by atoms with Crippen molar-refractivity contribution in [3.05, 3.63) is 20.8 Å². The molecule has 0 amide bonds. The summed E-state index contributed by atoms with van der Waals surface area (Å²) in [5.74, 6) is 0.366. The molecule has 2 rings (SSSR count). The Bertz CT molecular complexity index is 669. The van der Waals surface area contributed by atoms with Gasteiger partial charge in [-0.2, -0.15) is 4.98 Å². The third-order valence-corrected chi connectivity index (χ3v) is 2.77. The van der Waals surface area contributed by atoms with Crippen LogP contribution in [0.15, 0.2) is 9.59 Å². The van der Waals surface area contributed by atoms with Crippen LogP contribution in [-0.4, -0.2) is 37.8 Å². The number of anilines is 1. The summed E-state index contributed by atoms with van der Waals surface area (Å²) in [5, 5.41) is 11.6. The molecule has 8 heteroatoms. The number of rotatable bonds is 6. The zero-order valence-electron chi connectivity index (χ0n) is 10.7. The predicted octanol–water partition coefficient (Wildman–Crippen LogP) is -0.383. The molecule has 0 aromatic carbocycles. The van der Waals surface area contributed by atoms with Crippen molar-refractivity contribution in [1.29, 1.82) is 0 Å². The number of hydrogen-bond acceptors (Lipinski definition) is 5. The maximum atomic E-state index is 11.8. The van der Waals surface area contributed by atoms with Crippen LogP contribution in [0.1, 0.15) is 19.8 Å². The number of fused-ring (bicyclic) bond motifs is 1. The summed E-state index contributed by atoms with van der Waals surface area (Å²) in [6, 6.07) is 0. The van der Waals surface area contributed by atoms with Crippen LogP contribution in [0.5, 0.6) is 0 Å². The second-order valence-corrected chi connectivity index (χ2v) is 4.20. The molecule has 2 heterocycles. The number of nitrogens with one attached hydrogen (secondary N) is 3. The summed E-state index contributed by atoms with van der Waals surface area (Å²) < 4.78 is 1.45. The molecule has 4 N–H and O–H groups in total. The van der Waals surface area contributed by atoms with E-state index in [2.05, 4.69) is 20.3 Å². The van der Waals surface area contributed by atoms with Gasteiger partial charge in [-0.3, -0.25) is 14.3 Å². The fourth-order valence-electron chi connectivity index (χ4n) is 1.82. The first-order chi connectivity index (χ1) is 9.17. The predicted molar refractivity (Wildman–Crippen MR) is 71.5 cm³/mol. The fourth-order valence-corrected chi connectivity index (χ4v) is 1.82. The minimum absolute atomic E-state index is 0.0456. The Balaban J connectivity index is 2.51. The summed E-state index contributed by atoms with van der Waals surface area (Å²) >= 11 is 0. The highest BCUT2D eigenvalue weighted by atomic mass is 16.3. The quantitative estimate of drug-likeness (QED) is 0.569. The SMILES string of the molecule is CCCCn1c(=O)[nH]c(=O)c2[nH]c(NCCO)nc21. The first-order valence-corrected chi connectivity index (χ1v) is 6.25. The lowest BCUT2D eigenvalue weighted by Crippen LogP contribution is -2.30. The summed E-state index contributed by atoms with van der Waals surface area (Å²) in [5.41, 5.74) is -0.345. The van der Waals surface area contributed by atoms with Gasteiger partial charge in [-0.1, -0.05) is 13.3 Å². The van der Waals surface area contributed by atoms with Gasteiger partial charge in [0.25, 0.3) is 5.56 Å². The average molecular weight is 267 g/mol. The molecule has 2 aromatic rings. The highest BCUT2D eigenvalue weighted by molar-refractivity contribution is 5.72. The Morgan fingerprint density at radius 3 is 2.84 bits per heavy atom. The van der Waals surface area contributed by atoms with E-state index in [1.807, 2.05) is 6.92 Å². The highest BCUT2D eigenvalue weighted by Gasteiger charge is 2.12. The Kier molecular flexibility index (Phi) is 4.00. The largest absolute Gasteiger partial charge is 0.395 e. The molecule has 0 saturated carbocycles. The van der Waals surface area contributed by atoms with Crippen LogP contribution >= 0.6 is 0 Å². The maximum Gasteiger partial charge on any atom is 0.330 e. The molecule has 8 nitrogen and oxygen atoms in total. The normalized spacial score (nSPS) is 11.1. The van der Waals surface area contributed by atoms with E-state index in [9.17, 15) is 9.59 Å². The van der Waals surface area contributed by atoms with Gasteiger partial charge in [0.1, 0.15) is 0 Å². The number of nitrogens with zero attached hydrogens (tertiary/aromatic N) is 2. The fraction of sp³-hybridized carbons (Fsp3) is 0.545. The molecule has 19 heavy (non-hydrogen) atoms. The molecular formula is C11H17N5O3. The summed E-state index contributed by atoms with van der Waals surface area (Å²) in [6.45, 7) is 2.80. The van der Waals surface area contributed by atoms with Gasteiger partial charge in [0.2, 0.25) is 5.95 Å². The number of aryl methyl sites for hydroxylation is 1. The first kappa shape index (κ1) is 13.3. The molecule has 0 aliphatic heterocycles. The Morgan fingerprint density at radius 1 is 1.37 bits per heavy atom. The van der Waals surface area contributed by atoms with Gasteiger partial charge in [0, 0.05) is 13.1 Å². The van der Waals surface area contributed by atoms with Gasteiger partial charge >= 0.3 is 5.69 Å². The van der Waals surface area contributed by atoms with Crippen LogP contribution < -0.4 is 16.6 Å². The standard InChI is InChI=1S/C11H17N5O3/c1-2-3-5-16-8-7(9(18)15-11(16)19)13-10(14-8)12-4-6-17/h17H,2-6H2,1H3,(H2,12,13,14)(H,15,18,19). The smallest absolute Gasteiger partial charge is 0.330 e. The Hall–Kier alpha value is -2.09. The highest BCUT2D eigenvalue weighted by Crippen LogP contribution is 2.09. The number of aromatic amines is 2. The Labute approximate surface area is 108 Å². The molecule has 2 aromatic heterocycles. The average Bonchev–Trinajstić information content (AvgIpc) is 2.80. The van der Waals surface area contributed by atoms with Crippen LogP contribution in [0.4, 0.5) is 5.95 Å². The van der Waals surface area contributed by atoms with E-state index >= 15 is 0 Å². The number of unbranched alkanes of at least 4 members (excludes halogenated alkanes) is 1. The zero-order valence-corrected chi connectivity index (χ0v) is 10.7. The molecule has 0 aliphatic carbocycles. The van der Waals surface area contributed by atoms with E-state index in [0.29, 0.717) is 24.7 Å². The minimum Gasteiger partial charge on any atom is -0.395 e. The first-order valence-electron chi connectivity index (χ1n) is 6.25. The number of aliphatic hydroxyl groups excluding tert-OH is 1. The topological polar surface area (TPSA) is 116 Å². The van der Waals surface area contributed by atoms with Crippen molar-refractivity contribution in [3.63, 3.8) is 0 Å². The second kappa shape index (κ2) is 5.70. The van der Waals surface area contributed by atoms with E-state index in [1.165, 1.54) is 4.57 Å². The van der Waals surface area contributed by atoms with Gasteiger partial charge in [0.15, 0.2) is 11.2 Å². The van der Waals surface area contributed by atoms with Gasteiger partial charge in [0.05, 0.1) is 6.61 Å². The minimum atomic E-state index is -0.489. The zero-order chi connectivity index (χ0) is 13.8. The molecule has 0 bridgehead atoms. The third kappa shape index (κ3) is 2.68. The molecule has 0 saturated heterocycles. The van der Waals surface area contributed by atoms with Crippen LogP contribution in [0, 0.1) is 0 Å². The maximum absolute atomic E-state index is 11.8. The number of aliphatic hydroxyl groups is 1. The van der Waals surface area contributed by atoms with Crippen molar-refractivity contribution in [1.82, 2.24) is 19.5 Å².